The van der Waals surface area contributed by atoms with Gasteiger partial charge in [-0.15, -0.1) is 0 Å². The lowest BCUT2D eigenvalue weighted by Gasteiger charge is -2.41. The van der Waals surface area contributed by atoms with Crippen LogP contribution >= 0.6 is 0 Å². The fourth-order valence-electron chi connectivity index (χ4n) is 2.66. The summed E-state index contributed by atoms with van der Waals surface area (Å²) in [5.41, 5.74) is -1.31. The number of piperazine rings is 1. The van der Waals surface area contributed by atoms with Crippen LogP contribution in [0.1, 0.15) is 19.4 Å². The molecule has 0 aliphatic carbocycles. The smallest absolute Gasteiger partial charge is 0.331 e. The van der Waals surface area contributed by atoms with E-state index in [1.807, 2.05) is 4.90 Å². The Balaban J connectivity index is 2.48. The summed E-state index contributed by atoms with van der Waals surface area (Å²) in [5.74, 6) is -1.74. The number of halogens is 2. The van der Waals surface area contributed by atoms with Gasteiger partial charge in [-0.25, -0.2) is 13.6 Å². The molecule has 6 heteroatoms. The van der Waals surface area contributed by atoms with E-state index in [-0.39, 0.29) is 12.2 Å². The molecule has 1 saturated heterocycles. The molecule has 1 N–H and O–H groups in total. The highest BCUT2D eigenvalue weighted by molar-refractivity contribution is 5.82. The molecule has 1 aliphatic rings. The molecule has 0 amide bonds. The van der Waals surface area contributed by atoms with Crippen LogP contribution in [0.25, 0.3) is 0 Å². The SMILES string of the molecule is CCOC(=O)C(C)(c1cc(F)ccc1F)N1CCNCC1. The number of hydrogen-bond acceptors (Lipinski definition) is 4. The van der Waals surface area contributed by atoms with Gasteiger partial charge in [0.1, 0.15) is 17.2 Å². The minimum atomic E-state index is -1.33. The Kier molecular flexibility index (Phi) is 4.90. The molecule has 2 rings (SSSR count). The Bertz CT molecular complexity index is 518. The predicted octanol–water partition coefficient (Wildman–Crippen LogP) is 1.65. The summed E-state index contributed by atoms with van der Waals surface area (Å²) >= 11 is 0. The fraction of sp³-hybridized carbons (Fsp3) is 0.533. The number of ether oxygens (including phenoxy) is 1. The average molecular weight is 298 g/mol. The fourth-order valence-corrected chi connectivity index (χ4v) is 2.66. The average Bonchev–Trinajstić information content (AvgIpc) is 2.50. The molecule has 116 valence electrons. The lowest BCUT2D eigenvalue weighted by molar-refractivity contribution is -0.158. The number of esters is 1. The van der Waals surface area contributed by atoms with E-state index in [4.69, 9.17) is 4.74 Å². The van der Waals surface area contributed by atoms with E-state index in [2.05, 4.69) is 5.32 Å². The van der Waals surface area contributed by atoms with Crippen molar-refractivity contribution in [3.05, 3.63) is 35.4 Å². The summed E-state index contributed by atoms with van der Waals surface area (Å²) in [7, 11) is 0. The van der Waals surface area contributed by atoms with E-state index in [9.17, 15) is 13.6 Å². The zero-order valence-corrected chi connectivity index (χ0v) is 12.3. The van der Waals surface area contributed by atoms with E-state index in [0.717, 1.165) is 18.2 Å². The summed E-state index contributed by atoms with van der Waals surface area (Å²) in [5, 5.41) is 3.17. The van der Waals surface area contributed by atoms with Gasteiger partial charge >= 0.3 is 5.97 Å². The molecule has 0 saturated carbocycles. The lowest BCUT2D eigenvalue weighted by atomic mass is 9.88. The molecular weight excluding hydrogens is 278 g/mol. The summed E-state index contributed by atoms with van der Waals surface area (Å²) in [4.78, 5) is 14.3. The van der Waals surface area contributed by atoms with Crippen molar-refractivity contribution in [1.82, 2.24) is 10.2 Å². The van der Waals surface area contributed by atoms with Gasteiger partial charge < -0.3 is 10.1 Å². The first-order valence-electron chi connectivity index (χ1n) is 7.08. The third-order valence-electron chi connectivity index (χ3n) is 3.88. The van der Waals surface area contributed by atoms with Gasteiger partial charge in [0.25, 0.3) is 0 Å². The van der Waals surface area contributed by atoms with Gasteiger partial charge in [0.2, 0.25) is 0 Å². The maximum Gasteiger partial charge on any atom is 0.331 e. The van der Waals surface area contributed by atoms with Crippen LogP contribution in [0.3, 0.4) is 0 Å². The van der Waals surface area contributed by atoms with Crippen LogP contribution in [0, 0.1) is 11.6 Å². The van der Waals surface area contributed by atoms with Crippen molar-refractivity contribution in [2.45, 2.75) is 19.4 Å². The highest BCUT2D eigenvalue weighted by Crippen LogP contribution is 2.32. The molecule has 1 aromatic rings. The Hall–Kier alpha value is -1.53. The second-order valence-corrected chi connectivity index (χ2v) is 5.15. The quantitative estimate of drug-likeness (QED) is 0.858. The number of carbonyl (C=O) groups excluding carboxylic acids is 1. The number of hydrogen-bond donors (Lipinski definition) is 1. The third kappa shape index (κ3) is 3.06. The standard InChI is InChI=1S/C15H20F2N2O2/c1-3-21-14(20)15(2,19-8-6-18-7-9-19)12-10-11(16)4-5-13(12)17/h4-5,10,18H,3,6-9H2,1-2H3. The first-order valence-corrected chi connectivity index (χ1v) is 7.08. The number of carbonyl (C=O) groups is 1. The lowest BCUT2D eigenvalue weighted by Crippen LogP contribution is -2.57. The highest BCUT2D eigenvalue weighted by Gasteiger charge is 2.45. The maximum atomic E-state index is 14.2. The van der Waals surface area contributed by atoms with Crippen molar-refractivity contribution >= 4 is 5.97 Å². The molecule has 1 aromatic carbocycles. The van der Waals surface area contributed by atoms with Crippen LogP contribution in [-0.4, -0.2) is 43.7 Å². The monoisotopic (exact) mass is 298 g/mol. The Morgan fingerprint density at radius 1 is 1.38 bits per heavy atom. The molecule has 4 nitrogen and oxygen atoms in total. The molecule has 0 bridgehead atoms. The molecule has 1 heterocycles. The highest BCUT2D eigenvalue weighted by atomic mass is 19.1. The van der Waals surface area contributed by atoms with Crippen LogP contribution in [0.15, 0.2) is 18.2 Å². The minimum absolute atomic E-state index is 0.0165. The van der Waals surface area contributed by atoms with E-state index in [1.165, 1.54) is 0 Å². The third-order valence-corrected chi connectivity index (χ3v) is 3.88. The van der Waals surface area contributed by atoms with Crippen LogP contribution in [0.4, 0.5) is 8.78 Å². The molecule has 0 radical (unpaired) electrons. The van der Waals surface area contributed by atoms with Crippen molar-refractivity contribution in [2.24, 2.45) is 0 Å². The summed E-state index contributed by atoms with van der Waals surface area (Å²) in [6, 6.07) is 3.17. The number of nitrogens with one attached hydrogen (secondary N) is 1. The van der Waals surface area contributed by atoms with E-state index < -0.39 is 23.1 Å². The van der Waals surface area contributed by atoms with Crippen molar-refractivity contribution in [2.75, 3.05) is 32.8 Å². The Morgan fingerprint density at radius 2 is 2.05 bits per heavy atom. The van der Waals surface area contributed by atoms with E-state index in [0.29, 0.717) is 26.2 Å². The van der Waals surface area contributed by atoms with Crippen molar-refractivity contribution in [1.29, 1.82) is 0 Å². The molecule has 1 aliphatic heterocycles. The first kappa shape index (κ1) is 15.9. The van der Waals surface area contributed by atoms with Crippen molar-refractivity contribution in [3.63, 3.8) is 0 Å². The van der Waals surface area contributed by atoms with Crippen LogP contribution in [0.2, 0.25) is 0 Å². The molecular formula is C15H20F2N2O2. The van der Waals surface area contributed by atoms with Gasteiger partial charge in [0.15, 0.2) is 0 Å². The number of benzene rings is 1. The van der Waals surface area contributed by atoms with Crippen LogP contribution in [-0.2, 0) is 15.1 Å². The number of rotatable bonds is 4. The normalized spacial score (nSPS) is 19.0. The largest absolute Gasteiger partial charge is 0.464 e. The second kappa shape index (κ2) is 6.49. The Labute approximate surface area is 123 Å². The van der Waals surface area contributed by atoms with Gasteiger partial charge in [0.05, 0.1) is 6.61 Å². The first-order chi connectivity index (χ1) is 10.00. The molecule has 1 atom stereocenters. The minimum Gasteiger partial charge on any atom is -0.464 e. The number of nitrogens with zero attached hydrogens (tertiary/aromatic N) is 1. The van der Waals surface area contributed by atoms with Crippen LogP contribution < -0.4 is 5.32 Å². The molecule has 0 aromatic heterocycles. The van der Waals surface area contributed by atoms with Gasteiger partial charge in [-0.1, -0.05) is 0 Å². The van der Waals surface area contributed by atoms with E-state index in [1.54, 1.807) is 13.8 Å². The maximum absolute atomic E-state index is 14.2. The molecule has 1 fully saturated rings. The summed E-state index contributed by atoms with van der Waals surface area (Å²) in [6.07, 6.45) is 0. The van der Waals surface area contributed by atoms with Gasteiger partial charge in [-0.3, -0.25) is 4.90 Å². The zero-order valence-electron chi connectivity index (χ0n) is 12.3. The Morgan fingerprint density at radius 3 is 2.67 bits per heavy atom. The topological polar surface area (TPSA) is 41.6 Å². The second-order valence-electron chi connectivity index (χ2n) is 5.15. The molecule has 1 unspecified atom stereocenters. The van der Waals surface area contributed by atoms with Crippen LogP contribution in [0.5, 0.6) is 0 Å². The van der Waals surface area contributed by atoms with Crippen molar-refractivity contribution in [3.8, 4) is 0 Å². The van der Waals surface area contributed by atoms with Crippen molar-refractivity contribution < 1.29 is 18.3 Å². The van der Waals surface area contributed by atoms with E-state index >= 15 is 0 Å². The molecule has 21 heavy (non-hydrogen) atoms. The van der Waals surface area contributed by atoms with Gasteiger partial charge in [0, 0.05) is 31.7 Å². The van der Waals surface area contributed by atoms with Gasteiger partial charge in [-0.2, -0.15) is 0 Å². The summed E-state index contributed by atoms with van der Waals surface area (Å²) < 4.78 is 32.9. The molecule has 0 spiro atoms. The summed E-state index contributed by atoms with van der Waals surface area (Å²) in [6.45, 7) is 5.97. The predicted molar refractivity (Wildman–Crippen MR) is 74.8 cm³/mol. The van der Waals surface area contributed by atoms with Gasteiger partial charge in [-0.05, 0) is 32.0 Å². The zero-order chi connectivity index (χ0) is 15.5.